The number of benzene rings is 1. The molecule has 0 fully saturated rings. The van der Waals surface area contributed by atoms with E-state index in [0.717, 1.165) is 40.0 Å². The maximum absolute atomic E-state index is 12.6. The van der Waals surface area contributed by atoms with Crippen LogP contribution in [0.3, 0.4) is 0 Å². The Kier molecular flexibility index (Phi) is 5.25. The number of carboxylic acids is 2. The van der Waals surface area contributed by atoms with Crippen LogP contribution >= 0.6 is 23.5 Å². The van der Waals surface area contributed by atoms with E-state index in [2.05, 4.69) is 10.3 Å². The number of para-hydroxylation sites is 1. The summed E-state index contributed by atoms with van der Waals surface area (Å²) in [7, 11) is 0. The minimum absolute atomic E-state index is 0.0441. The topological polar surface area (TPSA) is 119 Å². The molecule has 1 aliphatic heterocycles. The Labute approximate surface area is 163 Å². The van der Waals surface area contributed by atoms with Gasteiger partial charge in [0.2, 0.25) is 0 Å². The summed E-state index contributed by atoms with van der Waals surface area (Å²) in [6.45, 7) is 3.62. The third kappa shape index (κ3) is 4.14. The van der Waals surface area contributed by atoms with E-state index in [1.54, 1.807) is 6.20 Å². The molecule has 142 valence electrons. The highest BCUT2D eigenvalue weighted by Crippen LogP contribution is 2.53. The Morgan fingerprint density at radius 1 is 1.15 bits per heavy atom. The van der Waals surface area contributed by atoms with Gasteiger partial charge in [0, 0.05) is 23.5 Å². The zero-order chi connectivity index (χ0) is 19.8. The van der Waals surface area contributed by atoms with Crippen LogP contribution in [0.1, 0.15) is 19.4 Å². The van der Waals surface area contributed by atoms with E-state index < -0.39 is 28.0 Å². The van der Waals surface area contributed by atoms with Crippen LogP contribution in [0.15, 0.2) is 40.3 Å². The lowest BCUT2D eigenvalue weighted by atomic mass is 10.0. The third-order valence-corrected chi connectivity index (χ3v) is 6.79. The summed E-state index contributed by atoms with van der Waals surface area (Å²) in [4.78, 5) is 38.8. The average Bonchev–Trinajstić information content (AvgIpc) is 3.15. The molecule has 1 amide bonds. The molecule has 27 heavy (non-hydrogen) atoms. The van der Waals surface area contributed by atoms with Crippen molar-refractivity contribution in [3.63, 3.8) is 0 Å². The highest BCUT2D eigenvalue weighted by Gasteiger charge is 2.39. The van der Waals surface area contributed by atoms with Crippen molar-refractivity contribution >= 4 is 52.3 Å². The van der Waals surface area contributed by atoms with Gasteiger partial charge in [-0.15, -0.1) is 11.8 Å². The number of carbonyl (C=O) groups excluding carboxylic acids is 1. The van der Waals surface area contributed by atoms with Crippen LogP contribution in [0, 0.1) is 0 Å². The van der Waals surface area contributed by atoms with Crippen molar-refractivity contribution in [3.8, 4) is 0 Å². The second-order valence-corrected chi connectivity index (χ2v) is 10.0. The van der Waals surface area contributed by atoms with Gasteiger partial charge in [-0.3, -0.25) is 4.79 Å². The lowest BCUT2D eigenvalue weighted by Gasteiger charge is -2.17. The summed E-state index contributed by atoms with van der Waals surface area (Å²) >= 11 is 2.21. The smallest absolute Gasteiger partial charge is 0.343 e. The first-order chi connectivity index (χ1) is 12.7. The van der Waals surface area contributed by atoms with Crippen LogP contribution in [-0.4, -0.2) is 43.2 Å². The van der Waals surface area contributed by atoms with Crippen LogP contribution in [-0.2, 0) is 20.8 Å². The van der Waals surface area contributed by atoms with Gasteiger partial charge in [0.25, 0.3) is 5.91 Å². The van der Waals surface area contributed by atoms with Crippen LogP contribution < -0.4 is 5.32 Å². The molecule has 4 N–H and O–H groups in total. The van der Waals surface area contributed by atoms with Crippen molar-refractivity contribution in [2.45, 2.75) is 30.4 Å². The lowest BCUT2D eigenvalue weighted by molar-refractivity contribution is -0.141. The molecule has 0 aliphatic carbocycles. The monoisotopic (exact) mass is 406 g/mol. The number of carbonyl (C=O) groups is 3. The molecule has 1 aliphatic rings. The highest BCUT2D eigenvalue weighted by atomic mass is 32.2. The maximum Gasteiger partial charge on any atom is 0.343 e. The molecule has 7 nitrogen and oxygen atoms in total. The molecule has 3 rings (SSSR count). The molecule has 0 saturated carbocycles. The zero-order valence-corrected chi connectivity index (χ0v) is 16.2. The van der Waals surface area contributed by atoms with E-state index in [1.165, 1.54) is 0 Å². The summed E-state index contributed by atoms with van der Waals surface area (Å²) in [5.41, 5.74) is 1.64. The number of thioether (sulfide) groups is 2. The van der Waals surface area contributed by atoms with Crippen molar-refractivity contribution in [3.05, 3.63) is 45.8 Å². The van der Waals surface area contributed by atoms with Gasteiger partial charge in [0.1, 0.15) is 10.9 Å². The fourth-order valence-corrected chi connectivity index (χ4v) is 5.34. The second kappa shape index (κ2) is 7.32. The summed E-state index contributed by atoms with van der Waals surface area (Å²) < 4.78 is -0.504. The molecule has 0 spiro atoms. The molecule has 0 saturated heterocycles. The van der Waals surface area contributed by atoms with E-state index in [1.807, 2.05) is 38.1 Å². The Balaban J connectivity index is 1.82. The highest BCUT2D eigenvalue weighted by molar-refractivity contribution is 8.25. The van der Waals surface area contributed by atoms with Gasteiger partial charge >= 0.3 is 11.9 Å². The number of H-pyrrole nitrogens is 1. The minimum atomic E-state index is -1.19. The molecule has 1 aromatic heterocycles. The maximum atomic E-state index is 12.6. The summed E-state index contributed by atoms with van der Waals surface area (Å²) in [6, 6.07) is 6.31. The second-order valence-electron chi connectivity index (χ2n) is 6.50. The fraction of sp³-hybridized carbons (Fsp3) is 0.278. The largest absolute Gasteiger partial charge is 0.480 e. The predicted molar refractivity (Wildman–Crippen MR) is 105 cm³/mol. The van der Waals surface area contributed by atoms with E-state index in [4.69, 9.17) is 0 Å². The van der Waals surface area contributed by atoms with Gasteiger partial charge in [-0.05, 0) is 25.5 Å². The first-order valence-corrected chi connectivity index (χ1v) is 9.75. The molecular weight excluding hydrogens is 388 g/mol. The van der Waals surface area contributed by atoms with Gasteiger partial charge < -0.3 is 20.5 Å². The summed E-state index contributed by atoms with van der Waals surface area (Å²) in [5.74, 6) is -3.05. The zero-order valence-electron chi connectivity index (χ0n) is 14.6. The van der Waals surface area contributed by atoms with E-state index in [0.29, 0.717) is 0 Å². The van der Waals surface area contributed by atoms with E-state index in [-0.39, 0.29) is 16.2 Å². The van der Waals surface area contributed by atoms with Crippen molar-refractivity contribution in [2.75, 3.05) is 0 Å². The number of aromatic amines is 1. The third-order valence-electron chi connectivity index (χ3n) is 4.00. The first-order valence-electron chi connectivity index (χ1n) is 8.12. The normalized spacial score (nSPS) is 17.1. The van der Waals surface area contributed by atoms with Gasteiger partial charge in [-0.2, -0.15) is 0 Å². The minimum Gasteiger partial charge on any atom is -0.480 e. The molecule has 2 aromatic rings. The SMILES string of the molecule is CC1(C)SC(C(=O)O)=C(C(=O)N[C@@H](Cc2c[nH]c3ccccc23)C(=O)O)S1. The number of carboxylic acid groups (broad SMARTS) is 2. The van der Waals surface area contributed by atoms with Crippen LogP contribution in [0.5, 0.6) is 0 Å². The van der Waals surface area contributed by atoms with Crippen molar-refractivity contribution in [2.24, 2.45) is 0 Å². The lowest BCUT2D eigenvalue weighted by Crippen LogP contribution is -2.42. The number of amides is 1. The van der Waals surface area contributed by atoms with Crippen molar-refractivity contribution < 1.29 is 24.6 Å². The van der Waals surface area contributed by atoms with Crippen LogP contribution in [0.25, 0.3) is 10.9 Å². The first kappa shape index (κ1) is 19.4. The number of rotatable bonds is 6. The Morgan fingerprint density at radius 3 is 2.48 bits per heavy atom. The van der Waals surface area contributed by atoms with Crippen LogP contribution in [0.2, 0.25) is 0 Å². The van der Waals surface area contributed by atoms with Crippen molar-refractivity contribution in [1.82, 2.24) is 10.3 Å². The standard InChI is InChI=1S/C18H18N2O5S2/c1-18(2)26-13(14(27-18)17(24)25)15(21)20-12(16(22)23)7-9-8-19-11-6-4-3-5-10(9)11/h3-6,8,12,19H,7H2,1-2H3,(H,20,21)(H,22,23)(H,24,25)/t12-/m0/s1. The molecule has 9 heteroatoms. The molecule has 0 unspecified atom stereocenters. The van der Waals surface area contributed by atoms with Crippen LogP contribution in [0.4, 0.5) is 0 Å². The molecule has 0 bridgehead atoms. The van der Waals surface area contributed by atoms with E-state index in [9.17, 15) is 24.6 Å². The Bertz CT molecular complexity index is 964. The quantitative estimate of drug-likeness (QED) is 0.582. The number of fused-ring (bicyclic) bond motifs is 1. The Morgan fingerprint density at radius 2 is 1.81 bits per heavy atom. The summed E-state index contributed by atoms with van der Waals surface area (Å²) in [5, 5.41) is 22.2. The van der Waals surface area contributed by atoms with Gasteiger partial charge in [0.15, 0.2) is 0 Å². The Hall–Kier alpha value is -2.39. The molecule has 1 aromatic carbocycles. The van der Waals surface area contributed by atoms with Crippen molar-refractivity contribution in [1.29, 1.82) is 0 Å². The molecule has 0 radical (unpaired) electrons. The molecule has 2 heterocycles. The molecule has 1 atom stereocenters. The summed E-state index contributed by atoms with van der Waals surface area (Å²) in [6.07, 6.45) is 1.81. The van der Waals surface area contributed by atoms with Gasteiger partial charge in [-0.25, -0.2) is 9.59 Å². The predicted octanol–water partition coefficient (Wildman–Crippen LogP) is 2.79. The van der Waals surface area contributed by atoms with Gasteiger partial charge in [-0.1, -0.05) is 30.0 Å². The fourth-order valence-electron chi connectivity index (χ4n) is 2.84. The average molecular weight is 406 g/mol. The number of aliphatic carboxylic acids is 2. The number of hydrogen-bond acceptors (Lipinski definition) is 5. The number of hydrogen-bond donors (Lipinski definition) is 4. The number of nitrogens with one attached hydrogen (secondary N) is 2. The van der Waals surface area contributed by atoms with E-state index >= 15 is 0 Å². The van der Waals surface area contributed by atoms with Gasteiger partial charge in [0.05, 0.1) is 8.98 Å². The molecular formula is C18H18N2O5S2. The number of aromatic nitrogens is 1.